The van der Waals surface area contributed by atoms with E-state index in [1.165, 1.54) is 11.6 Å². The molecule has 0 saturated carbocycles. The Morgan fingerprint density at radius 2 is 1.60 bits per heavy atom. The molecule has 0 heterocycles. The number of hydrogen-bond acceptors (Lipinski definition) is 1. The molecule has 2 aromatic carbocycles. The van der Waals surface area contributed by atoms with Gasteiger partial charge in [0.05, 0.1) is 4.47 Å². The van der Waals surface area contributed by atoms with Crippen LogP contribution in [0.3, 0.4) is 0 Å². The summed E-state index contributed by atoms with van der Waals surface area (Å²) in [6, 6.07) is 13.9. The summed E-state index contributed by atoms with van der Waals surface area (Å²) in [7, 11) is 1.96. The third-order valence-electron chi connectivity index (χ3n) is 3.27. The Morgan fingerprint density at radius 1 is 1.00 bits per heavy atom. The molecule has 106 valence electrons. The Labute approximate surface area is 135 Å². The van der Waals surface area contributed by atoms with Gasteiger partial charge in [0.15, 0.2) is 0 Å². The first kappa shape index (κ1) is 15.7. The highest BCUT2D eigenvalue weighted by atomic mass is 79.9. The van der Waals surface area contributed by atoms with E-state index < -0.39 is 0 Å². The SMILES string of the molecule is CNC(Cc1ccc(Br)cc1)Cc1ccc(F)c(Br)c1. The molecule has 1 N–H and O–H groups in total. The van der Waals surface area contributed by atoms with Crippen LogP contribution in [0.15, 0.2) is 51.4 Å². The van der Waals surface area contributed by atoms with Crippen LogP contribution in [0.5, 0.6) is 0 Å². The van der Waals surface area contributed by atoms with Gasteiger partial charge >= 0.3 is 0 Å². The van der Waals surface area contributed by atoms with Gasteiger partial charge in [-0.15, -0.1) is 0 Å². The Kier molecular flexibility index (Phi) is 5.75. The molecule has 0 aliphatic heterocycles. The third-order valence-corrected chi connectivity index (χ3v) is 4.41. The molecule has 0 spiro atoms. The number of rotatable bonds is 5. The molecule has 0 radical (unpaired) electrons. The molecule has 1 nitrogen and oxygen atoms in total. The maximum Gasteiger partial charge on any atom is 0.137 e. The minimum Gasteiger partial charge on any atom is -0.316 e. The van der Waals surface area contributed by atoms with Crippen LogP contribution in [0.25, 0.3) is 0 Å². The van der Waals surface area contributed by atoms with Crippen molar-refractivity contribution in [3.8, 4) is 0 Å². The molecule has 0 aromatic heterocycles. The molecule has 1 atom stereocenters. The predicted molar refractivity (Wildman–Crippen MR) is 88.5 cm³/mol. The normalized spacial score (nSPS) is 12.4. The van der Waals surface area contributed by atoms with E-state index in [-0.39, 0.29) is 5.82 Å². The quantitative estimate of drug-likeness (QED) is 0.765. The van der Waals surface area contributed by atoms with Gasteiger partial charge in [-0.1, -0.05) is 34.1 Å². The Hall–Kier alpha value is -0.710. The van der Waals surface area contributed by atoms with Crippen molar-refractivity contribution in [1.82, 2.24) is 5.32 Å². The lowest BCUT2D eigenvalue weighted by molar-refractivity contribution is 0.554. The topological polar surface area (TPSA) is 12.0 Å². The fourth-order valence-electron chi connectivity index (χ4n) is 2.13. The maximum absolute atomic E-state index is 13.2. The van der Waals surface area contributed by atoms with Gasteiger partial charge in [0, 0.05) is 10.5 Å². The molecular weight excluding hydrogens is 385 g/mol. The number of likely N-dealkylation sites (N-methyl/N-ethyl adjacent to an activating group) is 1. The van der Waals surface area contributed by atoms with Gasteiger partial charge in [-0.25, -0.2) is 4.39 Å². The minimum absolute atomic E-state index is 0.220. The van der Waals surface area contributed by atoms with E-state index in [0.29, 0.717) is 10.5 Å². The monoisotopic (exact) mass is 399 g/mol. The fourth-order valence-corrected chi connectivity index (χ4v) is 2.82. The van der Waals surface area contributed by atoms with Gasteiger partial charge in [-0.05, 0) is 71.2 Å². The van der Waals surface area contributed by atoms with E-state index >= 15 is 0 Å². The lowest BCUT2D eigenvalue weighted by Gasteiger charge is -2.17. The van der Waals surface area contributed by atoms with Crippen molar-refractivity contribution in [3.05, 3.63) is 68.4 Å². The number of halogens is 3. The largest absolute Gasteiger partial charge is 0.316 e. The highest BCUT2D eigenvalue weighted by molar-refractivity contribution is 9.10. The number of nitrogens with one attached hydrogen (secondary N) is 1. The van der Waals surface area contributed by atoms with E-state index in [2.05, 4.69) is 61.4 Å². The molecule has 20 heavy (non-hydrogen) atoms. The lowest BCUT2D eigenvalue weighted by atomic mass is 9.99. The van der Waals surface area contributed by atoms with E-state index in [1.807, 2.05) is 19.2 Å². The number of hydrogen-bond donors (Lipinski definition) is 1. The van der Waals surface area contributed by atoms with E-state index in [0.717, 1.165) is 22.9 Å². The van der Waals surface area contributed by atoms with Crippen LogP contribution in [0.1, 0.15) is 11.1 Å². The summed E-state index contributed by atoms with van der Waals surface area (Å²) < 4.78 is 14.8. The summed E-state index contributed by atoms with van der Waals surface area (Å²) in [4.78, 5) is 0. The Morgan fingerprint density at radius 3 is 2.20 bits per heavy atom. The molecule has 0 amide bonds. The van der Waals surface area contributed by atoms with Crippen molar-refractivity contribution in [1.29, 1.82) is 0 Å². The fraction of sp³-hybridized carbons (Fsp3) is 0.250. The van der Waals surface area contributed by atoms with Crippen LogP contribution >= 0.6 is 31.9 Å². The van der Waals surface area contributed by atoms with E-state index in [4.69, 9.17) is 0 Å². The van der Waals surface area contributed by atoms with Crippen LogP contribution in [0.2, 0.25) is 0 Å². The highest BCUT2D eigenvalue weighted by Crippen LogP contribution is 2.19. The van der Waals surface area contributed by atoms with Gasteiger partial charge in [0.2, 0.25) is 0 Å². The second kappa shape index (κ2) is 7.34. The summed E-state index contributed by atoms with van der Waals surface area (Å²) >= 11 is 6.67. The summed E-state index contributed by atoms with van der Waals surface area (Å²) in [5, 5.41) is 3.33. The van der Waals surface area contributed by atoms with Crippen LogP contribution in [0, 0.1) is 5.82 Å². The van der Waals surface area contributed by atoms with Gasteiger partial charge in [0.1, 0.15) is 5.82 Å². The molecule has 0 fully saturated rings. The van der Waals surface area contributed by atoms with Gasteiger partial charge < -0.3 is 5.32 Å². The van der Waals surface area contributed by atoms with Crippen LogP contribution in [-0.2, 0) is 12.8 Å². The summed E-state index contributed by atoms with van der Waals surface area (Å²) in [5.41, 5.74) is 2.41. The third kappa shape index (κ3) is 4.40. The predicted octanol–water partition coefficient (Wildman–Crippen LogP) is 4.72. The van der Waals surface area contributed by atoms with Crippen molar-refractivity contribution >= 4 is 31.9 Å². The van der Waals surface area contributed by atoms with Gasteiger partial charge in [0.25, 0.3) is 0 Å². The lowest BCUT2D eigenvalue weighted by Crippen LogP contribution is -2.29. The van der Waals surface area contributed by atoms with E-state index in [9.17, 15) is 4.39 Å². The molecular formula is C16H16Br2FN. The Bertz CT molecular complexity index is 569. The van der Waals surface area contributed by atoms with Crippen molar-refractivity contribution in [3.63, 3.8) is 0 Å². The Balaban J connectivity index is 2.04. The molecule has 0 aliphatic rings. The van der Waals surface area contributed by atoms with Crippen LogP contribution in [0.4, 0.5) is 4.39 Å². The van der Waals surface area contributed by atoms with E-state index in [1.54, 1.807) is 0 Å². The van der Waals surface area contributed by atoms with Crippen molar-refractivity contribution in [2.75, 3.05) is 7.05 Å². The first-order valence-electron chi connectivity index (χ1n) is 6.44. The van der Waals surface area contributed by atoms with Crippen LogP contribution in [-0.4, -0.2) is 13.1 Å². The van der Waals surface area contributed by atoms with Crippen LogP contribution < -0.4 is 5.32 Å². The molecule has 4 heteroatoms. The molecule has 2 aromatic rings. The molecule has 0 aliphatic carbocycles. The second-order valence-corrected chi connectivity index (χ2v) is 6.54. The maximum atomic E-state index is 13.2. The zero-order valence-corrected chi connectivity index (χ0v) is 14.3. The average Bonchev–Trinajstić information content (AvgIpc) is 2.44. The number of benzene rings is 2. The molecule has 0 saturated heterocycles. The van der Waals surface area contributed by atoms with Crippen molar-refractivity contribution < 1.29 is 4.39 Å². The first-order chi connectivity index (χ1) is 9.58. The van der Waals surface area contributed by atoms with Gasteiger partial charge in [-0.2, -0.15) is 0 Å². The second-order valence-electron chi connectivity index (χ2n) is 4.77. The molecule has 1 unspecified atom stereocenters. The smallest absolute Gasteiger partial charge is 0.137 e. The zero-order chi connectivity index (χ0) is 14.5. The molecule has 2 rings (SSSR count). The van der Waals surface area contributed by atoms with Gasteiger partial charge in [-0.3, -0.25) is 0 Å². The summed E-state index contributed by atoms with van der Waals surface area (Å²) in [5.74, 6) is -0.220. The summed E-state index contributed by atoms with van der Waals surface area (Å²) in [6.07, 6.45) is 1.81. The molecule has 0 bridgehead atoms. The standard InChI is InChI=1S/C16H16Br2FN/c1-20-14(8-11-2-5-13(17)6-3-11)9-12-4-7-16(19)15(18)10-12/h2-7,10,14,20H,8-9H2,1H3. The van der Waals surface area contributed by atoms with Crippen molar-refractivity contribution in [2.24, 2.45) is 0 Å². The van der Waals surface area contributed by atoms with Crippen molar-refractivity contribution in [2.45, 2.75) is 18.9 Å². The highest BCUT2D eigenvalue weighted by Gasteiger charge is 2.10. The first-order valence-corrected chi connectivity index (χ1v) is 8.02. The minimum atomic E-state index is -0.220. The average molecular weight is 401 g/mol. The zero-order valence-electron chi connectivity index (χ0n) is 11.2. The summed E-state index contributed by atoms with van der Waals surface area (Å²) in [6.45, 7) is 0.